The zero-order chi connectivity index (χ0) is 18.4. The molecule has 0 spiro atoms. The minimum absolute atomic E-state index is 0.0924. The number of ketones is 1. The molecule has 1 aliphatic heterocycles. The first-order valence-corrected chi connectivity index (χ1v) is 8.61. The molecule has 0 unspecified atom stereocenters. The minimum Gasteiger partial charge on any atom is -0.349 e. The minimum atomic E-state index is -0.0924. The second-order valence-electron chi connectivity index (χ2n) is 6.01. The standard InChI is InChI=1S/C22H17ClN2O/c23-21-9-7-20(8-10-21)22(26)11-6-18-12-19(13-24)16-25(15-18)14-17-4-2-1-3-5-17/h1-11,15-16H,12,14H2. The fraction of sp³-hybridized carbons (Fsp3) is 0.0909. The average Bonchev–Trinajstić information content (AvgIpc) is 2.67. The number of benzene rings is 2. The Bertz CT molecular complexity index is 919. The Hall–Kier alpha value is -3.09. The van der Waals surface area contributed by atoms with Gasteiger partial charge in [-0.15, -0.1) is 0 Å². The maximum Gasteiger partial charge on any atom is 0.185 e. The highest BCUT2D eigenvalue weighted by Crippen LogP contribution is 2.22. The molecule has 128 valence electrons. The van der Waals surface area contributed by atoms with Gasteiger partial charge >= 0.3 is 0 Å². The second-order valence-corrected chi connectivity index (χ2v) is 6.45. The van der Waals surface area contributed by atoms with E-state index in [2.05, 4.69) is 6.07 Å². The zero-order valence-corrected chi connectivity index (χ0v) is 14.9. The molecule has 2 aromatic rings. The Kier molecular flexibility index (Phi) is 5.68. The molecule has 0 atom stereocenters. The van der Waals surface area contributed by atoms with Crippen molar-refractivity contribution in [2.75, 3.05) is 0 Å². The number of carbonyl (C=O) groups excluding carboxylic acids is 1. The average molecular weight is 361 g/mol. The number of hydrogen-bond donors (Lipinski definition) is 0. The molecule has 0 amide bonds. The van der Waals surface area contributed by atoms with Gasteiger partial charge < -0.3 is 4.90 Å². The third-order valence-corrected chi connectivity index (χ3v) is 4.23. The van der Waals surface area contributed by atoms with E-state index in [1.54, 1.807) is 30.3 Å². The van der Waals surface area contributed by atoms with Gasteiger partial charge in [-0.25, -0.2) is 0 Å². The van der Waals surface area contributed by atoms with Gasteiger partial charge in [0.25, 0.3) is 0 Å². The number of allylic oxidation sites excluding steroid dienone is 4. The summed E-state index contributed by atoms with van der Waals surface area (Å²) in [7, 11) is 0. The van der Waals surface area contributed by atoms with Crippen molar-refractivity contribution < 1.29 is 4.79 Å². The van der Waals surface area contributed by atoms with Crippen molar-refractivity contribution in [1.82, 2.24) is 4.90 Å². The van der Waals surface area contributed by atoms with Gasteiger partial charge in [-0.2, -0.15) is 5.26 Å². The van der Waals surface area contributed by atoms with Crippen molar-refractivity contribution >= 4 is 17.4 Å². The molecular weight excluding hydrogens is 344 g/mol. The topological polar surface area (TPSA) is 44.1 Å². The summed E-state index contributed by atoms with van der Waals surface area (Å²) in [5.74, 6) is -0.0924. The number of halogens is 1. The first kappa shape index (κ1) is 17.7. The first-order valence-electron chi connectivity index (χ1n) is 8.23. The monoisotopic (exact) mass is 360 g/mol. The summed E-state index contributed by atoms with van der Waals surface area (Å²) in [5, 5.41) is 9.90. The van der Waals surface area contributed by atoms with Crippen LogP contribution >= 0.6 is 11.6 Å². The smallest absolute Gasteiger partial charge is 0.185 e. The van der Waals surface area contributed by atoms with E-state index in [0.717, 1.165) is 11.1 Å². The maximum absolute atomic E-state index is 12.3. The van der Waals surface area contributed by atoms with Crippen molar-refractivity contribution in [1.29, 1.82) is 5.26 Å². The van der Waals surface area contributed by atoms with Crippen LogP contribution in [0.15, 0.2) is 90.3 Å². The third-order valence-electron chi connectivity index (χ3n) is 3.98. The van der Waals surface area contributed by atoms with Gasteiger partial charge in [0, 0.05) is 36.0 Å². The number of nitriles is 1. The molecule has 0 aliphatic carbocycles. The molecule has 0 radical (unpaired) electrons. The predicted octanol–water partition coefficient (Wildman–Crippen LogP) is 5.28. The SMILES string of the molecule is N#CC1=CN(Cc2ccccc2)C=C(C=CC(=O)c2ccc(Cl)cc2)C1. The van der Waals surface area contributed by atoms with Gasteiger partial charge in [0.2, 0.25) is 0 Å². The molecule has 0 saturated carbocycles. The Balaban J connectivity index is 1.74. The van der Waals surface area contributed by atoms with Crippen molar-refractivity contribution in [2.45, 2.75) is 13.0 Å². The maximum atomic E-state index is 12.3. The normalized spacial score (nSPS) is 13.9. The van der Waals surface area contributed by atoms with Gasteiger partial charge in [-0.3, -0.25) is 4.79 Å². The molecule has 3 rings (SSSR count). The van der Waals surface area contributed by atoms with E-state index in [1.807, 2.05) is 47.6 Å². The van der Waals surface area contributed by atoms with Gasteiger partial charge in [-0.1, -0.05) is 48.0 Å². The van der Waals surface area contributed by atoms with Crippen LogP contribution in [-0.4, -0.2) is 10.7 Å². The van der Waals surface area contributed by atoms with Crippen molar-refractivity contribution in [3.63, 3.8) is 0 Å². The Labute approximate surface area is 158 Å². The van der Waals surface area contributed by atoms with Crippen LogP contribution in [0.3, 0.4) is 0 Å². The molecule has 2 aromatic carbocycles. The summed E-state index contributed by atoms with van der Waals surface area (Å²) >= 11 is 5.85. The fourth-order valence-electron chi connectivity index (χ4n) is 2.71. The molecular formula is C22H17ClN2O. The second kappa shape index (κ2) is 8.33. The molecule has 0 saturated heterocycles. The summed E-state index contributed by atoms with van der Waals surface area (Å²) in [5.41, 5.74) is 3.32. The predicted molar refractivity (Wildman–Crippen MR) is 103 cm³/mol. The summed E-state index contributed by atoms with van der Waals surface area (Å²) in [6.07, 6.45) is 7.66. The molecule has 1 aliphatic rings. The number of rotatable bonds is 5. The summed E-state index contributed by atoms with van der Waals surface area (Å²) in [6, 6.07) is 19.1. The van der Waals surface area contributed by atoms with Crippen LogP contribution in [-0.2, 0) is 6.54 Å². The van der Waals surface area contributed by atoms with Gasteiger partial charge in [-0.05, 0) is 41.5 Å². The molecule has 0 N–H and O–H groups in total. The zero-order valence-electron chi connectivity index (χ0n) is 14.1. The van der Waals surface area contributed by atoms with Crippen LogP contribution in [0.25, 0.3) is 0 Å². The Morgan fingerprint density at radius 2 is 1.85 bits per heavy atom. The van der Waals surface area contributed by atoms with Gasteiger partial charge in [0.15, 0.2) is 5.78 Å². The Morgan fingerprint density at radius 3 is 2.54 bits per heavy atom. The van der Waals surface area contributed by atoms with E-state index in [1.165, 1.54) is 6.08 Å². The lowest BCUT2D eigenvalue weighted by molar-refractivity contribution is 0.104. The van der Waals surface area contributed by atoms with Crippen molar-refractivity contribution in [3.8, 4) is 6.07 Å². The van der Waals surface area contributed by atoms with E-state index < -0.39 is 0 Å². The highest BCUT2D eigenvalue weighted by molar-refractivity contribution is 6.30. The highest BCUT2D eigenvalue weighted by atomic mass is 35.5. The lowest BCUT2D eigenvalue weighted by atomic mass is 10.0. The quantitative estimate of drug-likeness (QED) is 0.538. The van der Waals surface area contributed by atoms with Crippen LogP contribution in [0.5, 0.6) is 0 Å². The van der Waals surface area contributed by atoms with E-state index in [9.17, 15) is 10.1 Å². The summed E-state index contributed by atoms with van der Waals surface area (Å²) < 4.78 is 0. The summed E-state index contributed by atoms with van der Waals surface area (Å²) in [6.45, 7) is 0.675. The molecule has 1 heterocycles. The van der Waals surface area contributed by atoms with Crippen LogP contribution < -0.4 is 0 Å². The van der Waals surface area contributed by atoms with E-state index in [4.69, 9.17) is 11.6 Å². The molecule has 0 bridgehead atoms. The van der Waals surface area contributed by atoms with Crippen molar-refractivity contribution in [3.05, 3.63) is 106 Å². The lowest BCUT2D eigenvalue weighted by Gasteiger charge is -2.22. The molecule has 26 heavy (non-hydrogen) atoms. The first-order chi connectivity index (χ1) is 12.6. The fourth-order valence-corrected chi connectivity index (χ4v) is 2.84. The molecule has 0 aromatic heterocycles. The number of hydrogen-bond acceptors (Lipinski definition) is 3. The van der Waals surface area contributed by atoms with Crippen molar-refractivity contribution in [2.24, 2.45) is 0 Å². The highest BCUT2D eigenvalue weighted by Gasteiger charge is 2.11. The summed E-state index contributed by atoms with van der Waals surface area (Å²) in [4.78, 5) is 14.2. The largest absolute Gasteiger partial charge is 0.349 e. The van der Waals surface area contributed by atoms with Crippen LogP contribution in [0.2, 0.25) is 5.02 Å². The van der Waals surface area contributed by atoms with Gasteiger partial charge in [0.05, 0.1) is 11.6 Å². The van der Waals surface area contributed by atoms with Crippen LogP contribution in [0, 0.1) is 11.3 Å². The van der Waals surface area contributed by atoms with E-state index in [0.29, 0.717) is 29.1 Å². The Morgan fingerprint density at radius 1 is 1.12 bits per heavy atom. The van der Waals surface area contributed by atoms with E-state index in [-0.39, 0.29) is 5.78 Å². The van der Waals surface area contributed by atoms with Crippen LogP contribution in [0.1, 0.15) is 22.3 Å². The molecule has 4 heteroatoms. The van der Waals surface area contributed by atoms with Gasteiger partial charge in [0.1, 0.15) is 0 Å². The van der Waals surface area contributed by atoms with E-state index >= 15 is 0 Å². The molecule has 0 fully saturated rings. The third kappa shape index (κ3) is 4.72. The number of carbonyl (C=O) groups is 1. The number of nitrogens with zero attached hydrogens (tertiary/aromatic N) is 2. The lowest BCUT2D eigenvalue weighted by Crippen LogP contribution is -2.14. The molecule has 3 nitrogen and oxygen atoms in total. The van der Waals surface area contributed by atoms with Crippen LogP contribution in [0.4, 0.5) is 0 Å².